The molecule has 120 valence electrons. The van der Waals surface area contributed by atoms with Crippen molar-refractivity contribution in [3.63, 3.8) is 0 Å². The van der Waals surface area contributed by atoms with E-state index < -0.39 is 10.0 Å². The van der Waals surface area contributed by atoms with Crippen LogP contribution < -0.4 is 0 Å². The Balaban J connectivity index is 1.57. The minimum absolute atomic E-state index is 0.0292. The van der Waals surface area contributed by atoms with Gasteiger partial charge in [-0.3, -0.25) is 4.79 Å². The van der Waals surface area contributed by atoms with E-state index >= 15 is 0 Å². The summed E-state index contributed by atoms with van der Waals surface area (Å²) in [5.74, 6) is 0.897. The quantitative estimate of drug-likeness (QED) is 0.840. The van der Waals surface area contributed by atoms with Gasteiger partial charge in [-0.2, -0.15) is 4.31 Å². The summed E-state index contributed by atoms with van der Waals surface area (Å²) in [6, 6.07) is 9.22. The Morgan fingerprint density at radius 2 is 1.73 bits per heavy atom. The van der Waals surface area contributed by atoms with Crippen LogP contribution in [0.25, 0.3) is 0 Å². The SMILES string of the molecule is C[C@@H]1C[C@H]1C(=O)N1CCN(S(=O)(=O)Cc2ccccc2)CC1. The third kappa shape index (κ3) is 3.33. The second-order valence-corrected chi connectivity index (χ2v) is 8.25. The molecule has 22 heavy (non-hydrogen) atoms. The highest BCUT2D eigenvalue weighted by Crippen LogP contribution is 2.39. The number of piperazine rings is 1. The van der Waals surface area contributed by atoms with Gasteiger partial charge < -0.3 is 4.90 Å². The summed E-state index contributed by atoms with van der Waals surface area (Å²) in [6.45, 7) is 3.92. The molecule has 0 unspecified atom stereocenters. The maximum atomic E-state index is 12.5. The van der Waals surface area contributed by atoms with E-state index in [-0.39, 0.29) is 17.6 Å². The topological polar surface area (TPSA) is 57.7 Å². The lowest BCUT2D eigenvalue weighted by Gasteiger charge is -2.34. The largest absolute Gasteiger partial charge is 0.340 e. The number of carbonyl (C=O) groups excluding carboxylic acids is 1. The fourth-order valence-electron chi connectivity index (χ4n) is 2.96. The van der Waals surface area contributed by atoms with E-state index in [0.29, 0.717) is 32.1 Å². The lowest BCUT2D eigenvalue weighted by molar-refractivity contribution is -0.134. The van der Waals surface area contributed by atoms with E-state index in [0.717, 1.165) is 12.0 Å². The van der Waals surface area contributed by atoms with Crippen LogP contribution in [0.4, 0.5) is 0 Å². The van der Waals surface area contributed by atoms with Gasteiger partial charge in [0.1, 0.15) is 0 Å². The van der Waals surface area contributed by atoms with Crippen LogP contribution in [0, 0.1) is 11.8 Å². The van der Waals surface area contributed by atoms with Gasteiger partial charge in [0.2, 0.25) is 15.9 Å². The average molecular weight is 322 g/mol. The van der Waals surface area contributed by atoms with Gasteiger partial charge in [-0.15, -0.1) is 0 Å². The van der Waals surface area contributed by atoms with Crippen LogP contribution in [0.1, 0.15) is 18.9 Å². The third-order valence-electron chi connectivity index (χ3n) is 4.56. The molecule has 0 radical (unpaired) electrons. The molecule has 1 heterocycles. The number of sulfonamides is 1. The van der Waals surface area contributed by atoms with Crippen LogP contribution in [0.3, 0.4) is 0 Å². The first-order valence-electron chi connectivity index (χ1n) is 7.78. The van der Waals surface area contributed by atoms with E-state index in [1.165, 1.54) is 4.31 Å². The molecule has 6 heteroatoms. The van der Waals surface area contributed by atoms with Crippen molar-refractivity contribution in [2.75, 3.05) is 26.2 Å². The van der Waals surface area contributed by atoms with Crippen LogP contribution in [-0.4, -0.2) is 49.7 Å². The second-order valence-electron chi connectivity index (χ2n) is 6.29. The molecule has 2 aliphatic rings. The molecule has 1 aromatic carbocycles. The zero-order valence-corrected chi connectivity index (χ0v) is 13.6. The molecule has 0 spiro atoms. The standard InChI is InChI=1S/C16H22N2O3S/c1-13-11-15(13)16(19)17-7-9-18(10-8-17)22(20,21)12-14-5-3-2-4-6-14/h2-6,13,15H,7-12H2,1H3/t13-,15-/m1/s1. The van der Waals surface area contributed by atoms with Crippen LogP contribution in [-0.2, 0) is 20.6 Å². The van der Waals surface area contributed by atoms with Crippen molar-refractivity contribution in [3.8, 4) is 0 Å². The maximum Gasteiger partial charge on any atom is 0.226 e. The molecule has 0 bridgehead atoms. The summed E-state index contributed by atoms with van der Waals surface area (Å²) in [4.78, 5) is 14.0. The van der Waals surface area contributed by atoms with E-state index in [1.54, 1.807) is 0 Å². The van der Waals surface area contributed by atoms with Crippen molar-refractivity contribution in [2.24, 2.45) is 11.8 Å². The summed E-state index contributed by atoms with van der Waals surface area (Å²) in [7, 11) is -3.31. The number of hydrogen-bond acceptors (Lipinski definition) is 3. The Labute approximate surface area is 132 Å². The molecule has 1 aliphatic carbocycles. The molecule has 1 amide bonds. The predicted octanol–water partition coefficient (Wildman–Crippen LogP) is 1.32. The Kier molecular flexibility index (Phi) is 4.23. The van der Waals surface area contributed by atoms with Gasteiger partial charge in [-0.1, -0.05) is 37.3 Å². The molecule has 1 saturated heterocycles. The van der Waals surface area contributed by atoms with Crippen molar-refractivity contribution in [1.82, 2.24) is 9.21 Å². The first-order chi connectivity index (χ1) is 10.5. The van der Waals surface area contributed by atoms with Crippen molar-refractivity contribution >= 4 is 15.9 Å². The number of rotatable bonds is 4. The lowest BCUT2D eigenvalue weighted by atomic mass is 10.2. The number of benzene rings is 1. The summed E-state index contributed by atoms with van der Waals surface area (Å²) >= 11 is 0. The molecular formula is C16H22N2O3S. The Morgan fingerprint density at radius 3 is 2.27 bits per heavy atom. The van der Waals surface area contributed by atoms with Crippen LogP contribution in [0.2, 0.25) is 0 Å². The van der Waals surface area contributed by atoms with Crippen molar-refractivity contribution in [3.05, 3.63) is 35.9 Å². The van der Waals surface area contributed by atoms with Gasteiger partial charge in [-0.05, 0) is 17.9 Å². The van der Waals surface area contributed by atoms with Gasteiger partial charge >= 0.3 is 0 Å². The van der Waals surface area contributed by atoms with Crippen LogP contribution in [0.5, 0.6) is 0 Å². The molecule has 1 aromatic rings. The van der Waals surface area contributed by atoms with Gasteiger partial charge in [-0.25, -0.2) is 8.42 Å². The maximum absolute atomic E-state index is 12.5. The fraction of sp³-hybridized carbons (Fsp3) is 0.562. The molecule has 3 rings (SSSR count). The van der Waals surface area contributed by atoms with Crippen molar-refractivity contribution in [1.29, 1.82) is 0 Å². The Hall–Kier alpha value is -1.40. The molecule has 1 saturated carbocycles. The fourth-order valence-corrected chi connectivity index (χ4v) is 4.48. The molecule has 0 N–H and O–H groups in total. The van der Waals surface area contributed by atoms with Gasteiger partial charge in [0.25, 0.3) is 0 Å². The zero-order chi connectivity index (χ0) is 15.7. The number of hydrogen-bond donors (Lipinski definition) is 0. The summed E-state index contributed by atoms with van der Waals surface area (Å²) < 4.78 is 26.4. The van der Waals surface area contributed by atoms with Crippen LogP contribution >= 0.6 is 0 Å². The van der Waals surface area contributed by atoms with Gasteiger partial charge in [0.05, 0.1) is 5.75 Å². The highest BCUT2D eigenvalue weighted by molar-refractivity contribution is 7.88. The van der Waals surface area contributed by atoms with E-state index in [9.17, 15) is 13.2 Å². The molecule has 5 nitrogen and oxygen atoms in total. The molecule has 2 fully saturated rings. The predicted molar refractivity (Wildman–Crippen MR) is 84.5 cm³/mol. The first kappa shape index (κ1) is 15.5. The third-order valence-corrected chi connectivity index (χ3v) is 6.41. The molecule has 2 atom stereocenters. The van der Waals surface area contributed by atoms with E-state index in [1.807, 2.05) is 35.2 Å². The van der Waals surface area contributed by atoms with Crippen molar-refractivity contribution in [2.45, 2.75) is 19.1 Å². The van der Waals surface area contributed by atoms with E-state index in [2.05, 4.69) is 6.92 Å². The summed E-state index contributed by atoms with van der Waals surface area (Å²) in [6.07, 6.45) is 0.978. The first-order valence-corrected chi connectivity index (χ1v) is 9.39. The smallest absolute Gasteiger partial charge is 0.226 e. The minimum Gasteiger partial charge on any atom is -0.340 e. The molecule has 0 aromatic heterocycles. The molecular weight excluding hydrogens is 300 g/mol. The van der Waals surface area contributed by atoms with E-state index in [4.69, 9.17) is 0 Å². The number of carbonyl (C=O) groups is 1. The highest BCUT2D eigenvalue weighted by Gasteiger charge is 2.42. The summed E-state index contributed by atoms with van der Waals surface area (Å²) in [5, 5.41) is 0. The summed E-state index contributed by atoms with van der Waals surface area (Å²) in [5.41, 5.74) is 0.799. The Bertz CT molecular complexity index is 637. The zero-order valence-electron chi connectivity index (χ0n) is 12.8. The normalized spacial score (nSPS) is 26.0. The van der Waals surface area contributed by atoms with Crippen LogP contribution in [0.15, 0.2) is 30.3 Å². The lowest BCUT2D eigenvalue weighted by Crippen LogP contribution is -2.51. The number of amides is 1. The highest BCUT2D eigenvalue weighted by atomic mass is 32.2. The number of nitrogens with zero attached hydrogens (tertiary/aromatic N) is 2. The molecule has 1 aliphatic heterocycles. The van der Waals surface area contributed by atoms with Gasteiger partial charge in [0.15, 0.2) is 0 Å². The average Bonchev–Trinajstić information content (AvgIpc) is 3.24. The van der Waals surface area contributed by atoms with Gasteiger partial charge in [0, 0.05) is 32.1 Å². The second kappa shape index (κ2) is 6.01. The Morgan fingerprint density at radius 1 is 1.14 bits per heavy atom. The monoisotopic (exact) mass is 322 g/mol. The van der Waals surface area contributed by atoms with Crippen molar-refractivity contribution < 1.29 is 13.2 Å². The minimum atomic E-state index is -3.31.